The van der Waals surface area contributed by atoms with E-state index in [2.05, 4.69) is 10.4 Å². The molecule has 0 spiro atoms. The molecule has 1 heterocycles. The summed E-state index contributed by atoms with van der Waals surface area (Å²) in [4.78, 5) is 24.1. The smallest absolute Gasteiger partial charge is 0.310 e. The van der Waals surface area contributed by atoms with Crippen LogP contribution >= 0.6 is 0 Å². The maximum Gasteiger partial charge on any atom is 0.310 e. The van der Waals surface area contributed by atoms with E-state index in [0.29, 0.717) is 18.6 Å². The molecule has 2 aromatic rings. The summed E-state index contributed by atoms with van der Waals surface area (Å²) in [6, 6.07) is 7.54. The topological polar surface area (TPSA) is 82.5 Å². The van der Waals surface area contributed by atoms with Gasteiger partial charge in [-0.15, -0.1) is 0 Å². The number of nitrogens with zero attached hydrogens (tertiary/aromatic N) is 2. The lowest BCUT2D eigenvalue weighted by molar-refractivity contribution is -0.145. The van der Waals surface area contributed by atoms with Gasteiger partial charge in [0.15, 0.2) is 0 Å². The molecule has 7 nitrogen and oxygen atoms in total. The Bertz CT molecular complexity index is 709. The first-order chi connectivity index (χ1) is 12.0. The van der Waals surface area contributed by atoms with Gasteiger partial charge in [0.25, 0.3) is 5.91 Å². The first-order valence-electron chi connectivity index (χ1n) is 8.10. The van der Waals surface area contributed by atoms with Crippen LogP contribution in [0.1, 0.15) is 22.8 Å². The van der Waals surface area contributed by atoms with Gasteiger partial charge in [-0.2, -0.15) is 5.10 Å². The summed E-state index contributed by atoms with van der Waals surface area (Å²) >= 11 is 0. The zero-order chi connectivity index (χ0) is 18.2. The zero-order valence-corrected chi connectivity index (χ0v) is 14.7. The van der Waals surface area contributed by atoms with Crippen LogP contribution in [-0.2, 0) is 23.0 Å². The molecule has 0 aliphatic rings. The highest BCUT2D eigenvalue weighted by Crippen LogP contribution is 2.16. The third-order valence-electron chi connectivity index (χ3n) is 3.73. The highest BCUT2D eigenvalue weighted by atomic mass is 16.5. The van der Waals surface area contributed by atoms with E-state index in [-0.39, 0.29) is 18.4 Å². The summed E-state index contributed by atoms with van der Waals surface area (Å²) in [7, 11) is 3.08. The van der Waals surface area contributed by atoms with Crippen LogP contribution in [-0.4, -0.2) is 41.9 Å². The molecule has 0 aliphatic carbocycles. The average Bonchev–Trinajstić information content (AvgIpc) is 3.06. The quantitative estimate of drug-likeness (QED) is 0.735. The van der Waals surface area contributed by atoms with Crippen LogP contribution in [0.15, 0.2) is 36.7 Å². The van der Waals surface area contributed by atoms with Gasteiger partial charge in [0.2, 0.25) is 0 Å². The number of carbonyl (C=O) groups excluding carboxylic acids is 2. The summed E-state index contributed by atoms with van der Waals surface area (Å²) in [5, 5.41) is 6.72. The van der Waals surface area contributed by atoms with Crippen molar-refractivity contribution in [2.24, 2.45) is 13.0 Å². The average molecular weight is 345 g/mol. The summed E-state index contributed by atoms with van der Waals surface area (Å²) in [5.74, 6) is -0.316. The fourth-order valence-electron chi connectivity index (χ4n) is 2.43. The van der Waals surface area contributed by atoms with Crippen LogP contribution in [0.4, 0.5) is 0 Å². The number of amides is 1. The van der Waals surface area contributed by atoms with Crippen LogP contribution in [0.3, 0.4) is 0 Å². The Labute approximate surface area is 146 Å². The minimum Gasteiger partial charge on any atom is -0.494 e. The van der Waals surface area contributed by atoms with Crippen molar-refractivity contribution in [3.8, 4) is 5.75 Å². The molecule has 0 aliphatic heterocycles. The molecule has 25 heavy (non-hydrogen) atoms. The Kier molecular flexibility index (Phi) is 6.56. The minimum absolute atomic E-state index is 0.188. The number of methoxy groups -OCH3 is 1. The first-order valence-corrected chi connectivity index (χ1v) is 8.10. The number of carbonyl (C=O) groups is 2. The predicted molar refractivity (Wildman–Crippen MR) is 92.4 cm³/mol. The molecular formula is C18H23N3O4. The number of hydrogen-bond acceptors (Lipinski definition) is 5. The van der Waals surface area contributed by atoms with E-state index in [1.54, 1.807) is 17.9 Å². The molecule has 1 aromatic heterocycles. The molecule has 0 radical (unpaired) electrons. The number of nitrogens with one attached hydrogen (secondary N) is 1. The number of benzene rings is 1. The highest BCUT2D eigenvalue weighted by Gasteiger charge is 2.21. The van der Waals surface area contributed by atoms with Gasteiger partial charge in [0, 0.05) is 19.8 Å². The second-order valence-electron chi connectivity index (χ2n) is 5.61. The summed E-state index contributed by atoms with van der Waals surface area (Å²) in [5.41, 5.74) is 1.42. The van der Waals surface area contributed by atoms with Crippen molar-refractivity contribution >= 4 is 11.9 Å². The lowest BCUT2D eigenvalue weighted by Crippen LogP contribution is -2.34. The van der Waals surface area contributed by atoms with E-state index >= 15 is 0 Å². The van der Waals surface area contributed by atoms with E-state index in [1.165, 1.54) is 13.3 Å². The van der Waals surface area contributed by atoms with Crippen molar-refractivity contribution in [3.05, 3.63) is 47.8 Å². The number of aryl methyl sites for hydroxylation is 1. The Morgan fingerprint density at radius 3 is 2.56 bits per heavy atom. The Hall–Kier alpha value is -2.83. The fraction of sp³-hybridized carbons (Fsp3) is 0.389. The lowest BCUT2D eigenvalue weighted by atomic mass is 9.99. The van der Waals surface area contributed by atoms with E-state index in [9.17, 15) is 9.59 Å². The zero-order valence-electron chi connectivity index (χ0n) is 14.7. The van der Waals surface area contributed by atoms with Gasteiger partial charge >= 0.3 is 5.97 Å². The highest BCUT2D eigenvalue weighted by molar-refractivity contribution is 5.93. The standard InChI is InChI=1S/C18H23N3O4/c1-4-25-16-7-5-13(6-8-16)9-14(18(23)24-3)10-19-17(22)15-11-20-21(2)12-15/h5-8,11-12,14H,4,9-10H2,1-3H3,(H,19,22). The van der Waals surface area contributed by atoms with E-state index < -0.39 is 5.92 Å². The molecular weight excluding hydrogens is 322 g/mol. The van der Waals surface area contributed by atoms with Crippen LogP contribution < -0.4 is 10.1 Å². The van der Waals surface area contributed by atoms with Crippen molar-refractivity contribution in [2.45, 2.75) is 13.3 Å². The molecule has 2 rings (SSSR count). The third-order valence-corrected chi connectivity index (χ3v) is 3.73. The molecule has 0 saturated heterocycles. The maximum atomic E-state index is 12.1. The normalized spacial score (nSPS) is 11.6. The molecule has 1 aromatic carbocycles. The largest absolute Gasteiger partial charge is 0.494 e. The van der Waals surface area contributed by atoms with E-state index in [0.717, 1.165) is 11.3 Å². The van der Waals surface area contributed by atoms with E-state index in [4.69, 9.17) is 9.47 Å². The van der Waals surface area contributed by atoms with Crippen molar-refractivity contribution in [1.82, 2.24) is 15.1 Å². The van der Waals surface area contributed by atoms with Gasteiger partial charge in [-0.1, -0.05) is 12.1 Å². The molecule has 7 heteroatoms. The molecule has 1 N–H and O–H groups in total. The number of aromatic nitrogens is 2. The number of hydrogen-bond donors (Lipinski definition) is 1. The number of esters is 1. The van der Waals surface area contributed by atoms with Gasteiger partial charge in [-0.25, -0.2) is 0 Å². The Morgan fingerprint density at radius 2 is 2.00 bits per heavy atom. The third kappa shape index (κ3) is 5.34. The van der Waals surface area contributed by atoms with Crippen LogP contribution in [0.25, 0.3) is 0 Å². The van der Waals surface area contributed by atoms with Crippen LogP contribution in [0, 0.1) is 5.92 Å². The Balaban J connectivity index is 1.98. The van der Waals surface area contributed by atoms with Crippen LogP contribution in [0.5, 0.6) is 5.75 Å². The van der Waals surface area contributed by atoms with Gasteiger partial charge in [0.1, 0.15) is 5.75 Å². The SMILES string of the molecule is CCOc1ccc(CC(CNC(=O)c2cnn(C)c2)C(=O)OC)cc1. The maximum absolute atomic E-state index is 12.1. The van der Waals surface area contributed by atoms with Gasteiger partial charge in [0.05, 0.1) is 31.4 Å². The molecule has 1 amide bonds. The summed E-state index contributed by atoms with van der Waals surface area (Å²) in [6.45, 7) is 2.71. The van der Waals surface area contributed by atoms with Crippen molar-refractivity contribution in [2.75, 3.05) is 20.3 Å². The van der Waals surface area contributed by atoms with Gasteiger partial charge < -0.3 is 14.8 Å². The van der Waals surface area contributed by atoms with E-state index in [1.807, 2.05) is 31.2 Å². The molecule has 1 atom stereocenters. The molecule has 0 bridgehead atoms. The summed E-state index contributed by atoms with van der Waals surface area (Å²) < 4.78 is 11.8. The lowest BCUT2D eigenvalue weighted by Gasteiger charge is -2.15. The summed E-state index contributed by atoms with van der Waals surface area (Å²) in [6.07, 6.45) is 3.57. The Morgan fingerprint density at radius 1 is 1.28 bits per heavy atom. The minimum atomic E-state index is -0.469. The monoisotopic (exact) mass is 345 g/mol. The first kappa shape index (κ1) is 18.5. The molecule has 0 saturated carbocycles. The van der Waals surface area contributed by atoms with Crippen molar-refractivity contribution in [3.63, 3.8) is 0 Å². The number of ether oxygens (including phenoxy) is 2. The van der Waals surface area contributed by atoms with Crippen LogP contribution in [0.2, 0.25) is 0 Å². The molecule has 134 valence electrons. The molecule has 1 unspecified atom stereocenters. The van der Waals surface area contributed by atoms with Gasteiger partial charge in [-0.05, 0) is 31.0 Å². The predicted octanol–water partition coefficient (Wildman–Crippen LogP) is 1.58. The second kappa shape index (κ2) is 8.86. The van der Waals surface area contributed by atoms with Crippen molar-refractivity contribution in [1.29, 1.82) is 0 Å². The van der Waals surface area contributed by atoms with Crippen molar-refractivity contribution < 1.29 is 19.1 Å². The fourth-order valence-corrected chi connectivity index (χ4v) is 2.43. The molecule has 0 fully saturated rings. The second-order valence-corrected chi connectivity index (χ2v) is 5.61. The van der Waals surface area contributed by atoms with Gasteiger partial charge in [-0.3, -0.25) is 14.3 Å². The number of rotatable bonds is 8.